The average molecular weight is 286 g/mol. The highest BCUT2D eigenvalue weighted by Crippen LogP contribution is 2.16. The molecule has 0 aliphatic heterocycles. The van der Waals surface area contributed by atoms with Gasteiger partial charge >= 0.3 is 0 Å². The second-order valence-electron chi connectivity index (χ2n) is 4.56. The smallest absolute Gasteiger partial charge is 0.151 e. The van der Waals surface area contributed by atoms with Gasteiger partial charge in [-0.3, -0.25) is 0 Å². The van der Waals surface area contributed by atoms with Gasteiger partial charge < -0.3 is 10.6 Å². The van der Waals surface area contributed by atoms with E-state index in [0.29, 0.717) is 12.4 Å². The Balaban J connectivity index is 2.75. The summed E-state index contributed by atoms with van der Waals surface area (Å²) in [5.41, 5.74) is 0. The minimum atomic E-state index is -2.95. The summed E-state index contributed by atoms with van der Waals surface area (Å²) in [5.74, 6) is 2.59. The molecule has 1 heterocycles. The van der Waals surface area contributed by atoms with E-state index < -0.39 is 9.84 Å². The molecule has 0 amide bonds. The zero-order valence-electron chi connectivity index (χ0n) is 11.9. The first-order valence-corrected chi connectivity index (χ1v) is 8.21. The minimum Gasteiger partial charge on any atom is -0.373 e. The van der Waals surface area contributed by atoms with E-state index in [2.05, 4.69) is 20.6 Å². The van der Waals surface area contributed by atoms with Crippen molar-refractivity contribution in [3.05, 3.63) is 11.9 Å². The molecule has 0 fully saturated rings. The van der Waals surface area contributed by atoms with E-state index in [1.165, 1.54) is 0 Å². The molecule has 1 aromatic heterocycles. The zero-order chi connectivity index (χ0) is 14.5. The number of nitrogens with zero attached hydrogens (tertiary/aromatic N) is 2. The minimum absolute atomic E-state index is 0.111. The van der Waals surface area contributed by atoms with Gasteiger partial charge in [-0.1, -0.05) is 20.8 Å². The molecule has 7 heteroatoms. The summed E-state index contributed by atoms with van der Waals surface area (Å²) in [6.07, 6.45) is 0. The van der Waals surface area contributed by atoms with Gasteiger partial charge in [0.05, 0.1) is 5.75 Å². The van der Waals surface area contributed by atoms with Gasteiger partial charge in [-0.05, 0) is 0 Å². The molecule has 0 saturated heterocycles. The first kappa shape index (κ1) is 15.7. The maximum absolute atomic E-state index is 11.4. The number of hydrogen-bond donors (Lipinski definition) is 2. The number of sulfone groups is 1. The predicted molar refractivity (Wildman–Crippen MR) is 78.5 cm³/mol. The third kappa shape index (κ3) is 5.02. The monoisotopic (exact) mass is 286 g/mol. The summed E-state index contributed by atoms with van der Waals surface area (Å²) >= 11 is 0. The highest BCUT2D eigenvalue weighted by Gasteiger charge is 2.09. The molecule has 0 bridgehead atoms. The third-order valence-electron chi connectivity index (χ3n) is 2.67. The fourth-order valence-corrected chi connectivity index (χ4v) is 2.12. The van der Waals surface area contributed by atoms with Gasteiger partial charge in [0.2, 0.25) is 0 Å². The molecular formula is C12H22N4O2S. The quantitative estimate of drug-likeness (QED) is 0.790. The normalized spacial score (nSPS) is 11.6. The van der Waals surface area contributed by atoms with Crippen LogP contribution in [0.3, 0.4) is 0 Å². The van der Waals surface area contributed by atoms with E-state index in [4.69, 9.17) is 0 Å². The second-order valence-corrected chi connectivity index (χ2v) is 7.04. The Kier molecular flexibility index (Phi) is 5.53. The highest BCUT2D eigenvalue weighted by molar-refractivity contribution is 7.91. The van der Waals surface area contributed by atoms with E-state index in [9.17, 15) is 8.42 Å². The summed E-state index contributed by atoms with van der Waals surface area (Å²) < 4.78 is 22.8. The predicted octanol–water partition coefficient (Wildman–Crippen LogP) is 1.49. The van der Waals surface area contributed by atoms with Crippen LogP contribution in [0, 0.1) is 0 Å². The number of hydrogen-bond acceptors (Lipinski definition) is 6. The Morgan fingerprint density at radius 2 is 1.89 bits per heavy atom. The Hall–Kier alpha value is -1.37. The van der Waals surface area contributed by atoms with Crippen molar-refractivity contribution in [2.45, 2.75) is 26.7 Å². The standard InChI is InChI=1S/C12H22N4O2S/c1-5-19(17,18)7-6-14-11-8-10(13-4)15-12(16-11)9(2)3/h8-9H,5-7H2,1-4H3,(H2,13,14,15,16). The summed E-state index contributed by atoms with van der Waals surface area (Å²) in [6, 6.07) is 1.77. The van der Waals surface area contributed by atoms with Crippen LogP contribution in [0.15, 0.2) is 6.07 Å². The van der Waals surface area contributed by atoms with Crippen LogP contribution in [0.5, 0.6) is 0 Å². The highest BCUT2D eigenvalue weighted by atomic mass is 32.2. The lowest BCUT2D eigenvalue weighted by molar-refractivity contribution is 0.597. The Bertz CT molecular complexity index is 514. The largest absolute Gasteiger partial charge is 0.373 e. The third-order valence-corrected chi connectivity index (χ3v) is 4.38. The fraction of sp³-hybridized carbons (Fsp3) is 0.667. The van der Waals surface area contributed by atoms with Gasteiger partial charge in [0.15, 0.2) is 9.84 Å². The average Bonchev–Trinajstić information content (AvgIpc) is 2.38. The molecule has 6 nitrogen and oxygen atoms in total. The van der Waals surface area contributed by atoms with Crippen LogP contribution in [-0.4, -0.2) is 43.5 Å². The number of anilines is 2. The summed E-state index contributed by atoms with van der Waals surface area (Å²) in [5, 5.41) is 6.01. The molecule has 0 saturated carbocycles. The van der Waals surface area contributed by atoms with Gasteiger partial charge in [0.1, 0.15) is 17.5 Å². The van der Waals surface area contributed by atoms with Crippen molar-refractivity contribution in [2.75, 3.05) is 35.7 Å². The molecule has 0 aromatic carbocycles. The van der Waals surface area contributed by atoms with Crippen LogP contribution in [0.2, 0.25) is 0 Å². The Morgan fingerprint density at radius 1 is 1.26 bits per heavy atom. The molecule has 0 radical (unpaired) electrons. The van der Waals surface area contributed by atoms with Crippen LogP contribution < -0.4 is 10.6 Å². The van der Waals surface area contributed by atoms with Gasteiger partial charge in [0, 0.05) is 31.3 Å². The summed E-state index contributed by atoms with van der Waals surface area (Å²) in [7, 11) is -1.16. The maximum atomic E-state index is 11.4. The lowest BCUT2D eigenvalue weighted by Gasteiger charge is -2.11. The van der Waals surface area contributed by atoms with Crippen LogP contribution in [0.1, 0.15) is 32.5 Å². The van der Waals surface area contributed by atoms with Crippen LogP contribution in [-0.2, 0) is 9.84 Å². The lowest BCUT2D eigenvalue weighted by atomic mass is 10.2. The molecule has 1 aromatic rings. The molecule has 0 unspecified atom stereocenters. The van der Waals surface area contributed by atoms with E-state index in [1.54, 1.807) is 20.0 Å². The second kappa shape index (κ2) is 6.70. The molecule has 2 N–H and O–H groups in total. The van der Waals surface area contributed by atoms with E-state index in [-0.39, 0.29) is 17.4 Å². The van der Waals surface area contributed by atoms with E-state index in [0.717, 1.165) is 11.6 Å². The molecule has 0 spiro atoms. The number of rotatable bonds is 7. The van der Waals surface area contributed by atoms with Crippen molar-refractivity contribution in [2.24, 2.45) is 0 Å². The van der Waals surface area contributed by atoms with E-state index in [1.807, 2.05) is 13.8 Å². The van der Waals surface area contributed by atoms with Gasteiger partial charge in [-0.2, -0.15) is 0 Å². The fourth-order valence-electron chi connectivity index (χ4n) is 1.42. The van der Waals surface area contributed by atoms with Crippen molar-refractivity contribution >= 4 is 21.5 Å². The van der Waals surface area contributed by atoms with Crippen LogP contribution in [0.25, 0.3) is 0 Å². The molecule has 1 rings (SSSR count). The number of aromatic nitrogens is 2. The number of nitrogens with one attached hydrogen (secondary N) is 2. The zero-order valence-corrected chi connectivity index (χ0v) is 12.7. The van der Waals surface area contributed by atoms with Crippen molar-refractivity contribution in [3.63, 3.8) is 0 Å². The van der Waals surface area contributed by atoms with Crippen molar-refractivity contribution < 1.29 is 8.42 Å². The van der Waals surface area contributed by atoms with Gasteiger partial charge in [-0.15, -0.1) is 0 Å². The molecule has 0 atom stereocenters. The molecule has 0 aliphatic carbocycles. The summed E-state index contributed by atoms with van der Waals surface area (Å²) in [4.78, 5) is 8.71. The Morgan fingerprint density at radius 3 is 2.42 bits per heavy atom. The Labute approximate surface area is 115 Å². The maximum Gasteiger partial charge on any atom is 0.151 e. The van der Waals surface area contributed by atoms with Crippen LogP contribution in [0.4, 0.5) is 11.6 Å². The topological polar surface area (TPSA) is 84.0 Å². The SMILES string of the molecule is CCS(=O)(=O)CCNc1cc(NC)nc(C(C)C)n1. The molecular weight excluding hydrogens is 264 g/mol. The van der Waals surface area contributed by atoms with Crippen molar-refractivity contribution in [1.82, 2.24) is 9.97 Å². The first-order valence-electron chi connectivity index (χ1n) is 6.39. The van der Waals surface area contributed by atoms with Crippen molar-refractivity contribution in [1.29, 1.82) is 0 Å². The van der Waals surface area contributed by atoms with Crippen molar-refractivity contribution in [3.8, 4) is 0 Å². The molecule has 108 valence electrons. The lowest BCUT2D eigenvalue weighted by Crippen LogP contribution is -2.18. The van der Waals surface area contributed by atoms with Gasteiger partial charge in [-0.25, -0.2) is 18.4 Å². The summed E-state index contributed by atoms with van der Waals surface area (Å²) in [6.45, 7) is 6.03. The van der Waals surface area contributed by atoms with E-state index >= 15 is 0 Å². The molecule has 0 aliphatic rings. The molecule has 19 heavy (non-hydrogen) atoms. The first-order chi connectivity index (χ1) is 8.88. The van der Waals surface area contributed by atoms with Gasteiger partial charge in [0.25, 0.3) is 0 Å². The van der Waals surface area contributed by atoms with Crippen LogP contribution >= 0.6 is 0 Å².